The Hall–Kier alpha value is -0.770. The maximum Gasteiger partial charge on any atom is 0.273 e. The van der Waals surface area contributed by atoms with Gasteiger partial charge in [-0.05, 0) is 28.9 Å². The molecule has 0 bridgehead atoms. The van der Waals surface area contributed by atoms with Gasteiger partial charge in [0.1, 0.15) is 0 Å². The van der Waals surface area contributed by atoms with E-state index < -0.39 is 0 Å². The first kappa shape index (κ1) is 8.33. The SMILES string of the molecule is CCn1cc(Br)cc(N)c1=O. The third-order valence-electron chi connectivity index (χ3n) is 1.42. The summed E-state index contributed by atoms with van der Waals surface area (Å²) in [6, 6.07) is 1.61. The minimum Gasteiger partial charge on any atom is -0.394 e. The van der Waals surface area contributed by atoms with Crippen molar-refractivity contribution in [1.82, 2.24) is 4.57 Å². The van der Waals surface area contributed by atoms with Crippen molar-refractivity contribution >= 4 is 21.6 Å². The lowest BCUT2D eigenvalue weighted by Crippen LogP contribution is -2.21. The molecule has 2 N–H and O–H groups in total. The Balaban J connectivity index is 3.37. The van der Waals surface area contributed by atoms with E-state index in [4.69, 9.17) is 5.73 Å². The van der Waals surface area contributed by atoms with Crippen LogP contribution in [-0.4, -0.2) is 4.57 Å². The number of halogens is 1. The molecule has 1 aromatic heterocycles. The molecule has 0 radical (unpaired) electrons. The number of aromatic nitrogens is 1. The molecular formula is C7H9BrN2O. The van der Waals surface area contributed by atoms with Crippen LogP contribution >= 0.6 is 15.9 Å². The second-order valence-corrected chi connectivity index (χ2v) is 3.12. The molecule has 0 saturated heterocycles. The van der Waals surface area contributed by atoms with Crippen molar-refractivity contribution in [2.45, 2.75) is 13.5 Å². The highest BCUT2D eigenvalue weighted by Gasteiger charge is 1.99. The Morgan fingerprint density at radius 2 is 2.36 bits per heavy atom. The second kappa shape index (κ2) is 3.09. The van der Waals surface area contributed by atoms with E-state index in [1.165, 1.54) is 0 Å². The van der Waals surface area contributed by atoms with Crippen molar-refractivity contribution in [2.24, 2.45) is 0 Å². The molecule has 0 aliphatic rings. The van der Waals surface area contributed by atoms with Crippen LogP contribution in [-0.2, 0) is 6.54 Å². The predicted octanol–water partition coefficient (Wildman–Crippen LogP) is 1.21. The van der Waals surface area contributed by atoms with E-state index in [1.807, 2.05) is 6.92 Å². The Bertz CT molecular complexity index is 319. The molecule has 0 aliphatic carbocycles. The van der Waals surface area contributed by atoms with Crippen LogP contribution in [0.2, 0.25) is 0 Å². The summed E-state index contributed by atoms with van der Waals surface area (Å²) in [7, 11) is 0. The van der Waals surface area contributed by atoms with Crippen LogP contribution < -0.4 is 11.3 Å². The van der Waals surface area contributed by atoms with Crippen LogP contribution in [0.1, 0.15) is 6.92 Å². The number of pyridine rings is 1. The van der Waals surface area contributed by atoms with Gasteiger partial charge in [-0.1, -0.05) is 0 Å². The van der Waals surface area contributed by atoms with Crippen molar-refractivity contribution in [2.75, 3.05) is 5.73 Å². The molecule has 0 spiro atoms. The van der Waals surface area contributed by atoms with Crippen LogP contribution in [0.4, 0.5) is 5.69 Å². The van der Waals surface area contributed by atoms with Crippen molar-refractivity contribution in [3.8, 4) is 0 Å². The minimum atomic E-state index is -0.129. The number of nitrogens with zero attached hydrogens (tertiary/aromatic N) is 1. The van der Waals surface area contributed by atoms with Gasteiger partial charge < -0.3 is 10.3 Å². The normalized spacial score (nSPS) is 10.0. The van der Waals surface area contributed by atoms with E-state index in [2.05, 4.69) is 15.9 Å². The molecule has 4 heteroatoms. The smallest absolute Gasteiger partial charge is 0.273 e. The molecular weight excluding hydrogens is 208 g/mol. The summed E-state index contributed by atoms with van der Waals surface area (Å²) >= 11 is 3.25. The molecule has 1 aromatic rings. The number of nitrogens with two attached hydrogens (primary N) is 1. The fourth-order valence-electron chi connectivity index (χ4n) is 0.856. The number of hydrogen-bond acceptors (Lipinski definition) is 2. The van der Waals surface area contributed by atoms with Crippen molar-refractivity contribution in [3.63, 3.8) is 0 Å². The first-order valence-corrected chi connectivity index (χ1v) is 4.10. The van der Waals surface area contributed by atoms with Gasteiger partial charge in [0.05, 0.1) is 5.69 Å². The van der Waals surface area contributed by atoms with Crippen LogP contribution in [0, 0.1) is 0 Å². The molecule has 0 fully saturated rings. The summed E-state index contributed by atoms with van der Waals surface area (Å²) in [6.07, 6.45) is 1.72. The third kappa shape index (κ3) is 1.63. The van der Waals surface area contributed by atoms with E-state index in [0.717, 1.165) is 4.47 Å². The first-order valence-electron chi connectivity index (χ1n) is 3.30. The average Bonchev–Trinajstić information content (AvgIpc) is 1.96. The largest absolute Gasteiger partial charge is 0.394 e. The zero-order valence-corrected chi connectivity index (χ0v) is 7.76. The molecule has 1 heterocycles. The van der Waals surface area contributed by atoms with Crippen LogP contribution in [0.15, 0.2) is 21.5 Å². The highest BCUT2D eigenvalue weighted by molar-refractivity contribution is 9.10. The maximum absolute atomic E-state index is 11.2. The van der Waals surface area contributed by atoms with Gasteiger partial charge in [0.2, 0.25) is 0 Å². The van der Waals surface area contributed by atoms with Crippen LogP contribution in [0.3, 0.4) is 0 Å². The Kier molecular flexibility index (Phi) is 2.34. The Labute approximate surface area is 73.0 Å². The summed E-state index contributed by atoms with van der Waals surface area (Å²) in [4.78, 5) is 11.2. The lowest BCUT2D eigenvalue weighted by Gasteiger charge is -2.02. The number of nitrogen functional groups attached to an aromatic ring is 1. The number of hydrogen-bond donors (Lipinski definition) is 1. The van der Waals surface area contributed by atoms with Gasteiger partial charge in [-0.15, -0.1) is 0 Å². The molecule has 11 heavy (non-hydrogen) atoms. The van der Waals surface area contributed by atoms with E-state index in [-0.39, 0.29) is 11.2 Å². The van der Waals surface area contributed by atoms with Crippen molar-refractivity contribution in [1.29, 1.82) is 0 Å². The third-order valence-corrected chi connectivity index (χ3v) is 1.85. The lowest BCUT2D eigenvalue weighted by molar-refractivity contribution is 0.727. The first-order chi connectivity index (χ1) is 5.15. The molecule has 0 atom stereocenters. The Morgan fingerprint density at radius 3 is 2.91 bits per heavy atom. The van der Waals surface area contributed by atoms with E-state index in [9.17, 15) is 4.79 Å². The predicted molar refractivity (Wildman–Crippen MR) is 48.5 cm³/mol. The molecule has 60 valence electrons. The second-order valence-electron chi connectivity index (χ2n) is 2.20. The topological polar surface area (TPSA) is 48.0 Å². The molecule has 0 amide bonds. The van der Waals surface area contributed by atoms with Gasteiger partial charge in [-0.25, -0.2) is 0 Å². The van der Waals surface area contributed by atoms with E-state index in [0.29, 0.717) is 6.54 Å². The summed E-state index contributed by atoms with van der Waals surface area (Å²) in [6.45, 7) is 2.54. The van der Waals surface area contributed by atoms with E-state index >= 15 is 0 Å². The van der Waals surface area contributed by atoms with E-state index in [1.54, 1.807) is 16.8 Å². The monoisotopic (exact) mass is 216 g/mol. The fourth-order valence-corrected chi connectivity index (χ4v) is 1.35. The van der Waals surface area contributed by atoms with Gasteiger partial charge in [-0.3, -0.25) is 4.79 Å². The van der Waals surface area contributed by atoms with Gasteiger partial charge in [0.15, 0.2) is 0 Å². The molecule has 1 rings (SSSR count). The summed E-state index contributed by atoms with van der Waals surface area (Å²) in [5.74, 6) is 0. The van der Waals surface area contributed by atoms with Gasteiger partial charge in [-0.2, -0.15) is 0 Å². The van der Waals surface area contributed by atoms with Crippen molar-refractivity contribution in [3.05, 3.63) is 27.1 Å². The van der Waals surface area contributed by atoms with Crippen LogP contribution in [0.5, 0.6) is 0 Å². The molecule has 0 aliphatic heterocycles. The van der Waals surface area contributed by atoms with Crippen LogP contribution in [0.25, 0.3) is 0 Å². The zero-order chi connectivity index (χ0) is 8.43. The van der Waals surface area contributed by atoms with Gasteiger partial charge in [0.25, 0.3) is 5.56 Å². The molecule has 3 nitrogen and oxygen atoms in total. The fraction of sp³-hybridized carbons (Fsp3) is 0.286. The number of anilines is 1. The molecule has 0 unspecified atom stereocenters. The highest BCUT2D eigenvalue weighted by Crippen LogP contribution is 2.08. The summed E-state index contributed by atoms with van der Waals surface area (Å²) < 4.78 is 2.39. The number of aryl methyl sites for hydroxylation is 1. The standard InChI is InChI=1S/C7H9BrN2O/c1-2-10-4-5(8)3-6(9)7(10)11/h3-4H,2,9H2,1H3. The summed E-state index contributed by atoms with van der Waals surface area (Å²) in [5.41, 5.74) is 5.58. The molecule has 0 saturated carbocycles. The highest BCUT2D eigenvalue weighted by atomic mass is 79.9. The molecule has 0 aromatic carbocycles. The quantitative estimate of drug-likeness (QED) is 0.768. The zero-order valence-electron chi connectivity index (χ0n) is 6.17. The maximum atomic E-state index is 11.2. The average molecular weight is 217 g/mol. The van der Waals surface area contributed by atoms with Gasteiger partial charge in [0, 0.05) is 17.2 Å². The van der Waals surface area contributed by atoms with Crippen molar-refractivity contribution < 1.29 is 0 Å². The summed E-state index contributed by atoms with van der Waals surface area (Å²) in [5, 5.41) is 0. The Morgan fingerprint density at radius 1 is 1.73 bits per heavy atom. The number of rotatable bonds is 1. The lowest BCUT2D eigenvalue weighted by atomic mass is 10.4. The van der Waals surface area contributed by atoms with Gasteiger partial charge >= 0.3 is 0 Å². The minimum absolute atomic E-state index is 0.129.